The van der Waals surface area contributed by atoms with Gasteiger partial charge in [-0.15, -0.1) is 0 Å². The van der Waals surface area contributed by atoms with Crippen molar-refractivity contribution in [1.82, 2.24) is 0 Å². The molecule has 0 fully saturated rings. The molecule has 2 rings (SSSR count). The number of nitrogens with two attached hydrogens (primary N) is 1. The van der Waals surface area contributed by atoms with E-state index in [4.69, 9.17) is 5.73 Å². The Kier molecular flexibility index (Phi) is 3.75. The molecule has 0 saturated heterocycles. The summed E-state index contributed by atoms with van der Waals surface area (Å²) in [7, 11) is 0. The molecule has 0 aliphatic heterocycles. The summed E-state index contributed by atoms with van der Waals surface area (Å²) in [4.78, 5) is 0. The fourth-order valence-electron chi connectivity index (χ4n) is 1.85. The van der Waals surface area contributed by atoms with Crippen LogP contribution in [0.3, 0.4) is 0 Å². The van der Waals surface area contributed by atoms with E-state index in [1.165, 1.54) is 11.1 Å². The fourth-order valence-corrected chi connectivity index (χ4v) is 2.11. The van der Waals surface area contributed by atoms with Gasteiger partial charge in [0.1, 0.15) is 0 Å². The summed E-state index contributed by atoms with van der Waals surface area (Å²) >= 11 is 3.44. The maximum absolute atomic E-state index is 5.86. The van der Waals surface area contributed by atoms with E-state index in [9.17, 15) is 0 Å². The molecule has 0 amide bonds. The maximum Gasteiger partial charge on any atom is 0.0212 e. The van der Waals surface area contributed by atoms with E-state index < -0.39 is 0 Å². The molecule has 1 nitrogen and oxygen atoms in total. The molecule has 0 aliphatic carbocycles. The van der Waals surface area contributed by atoms with Crippen LogP contribution in [0.1, 0.15) is 17.0 Å². The zero-order valence-corrected chi connectivity index (χ0v) is 10.5. The van der Waals surface area contributed by atoms with Crippen molar-refractivity contribution >= 4 is 15.9 Å². The molecule has 0 bridgehead atoms. The van der Waals surface area contributed by atoms with E-state index in [-0.39, 0.29) is 5.92 Å². The van der Waals surface area contributed by atoms with Gasteiger partial charge in [0.25, 0.3) is 0 Å². The molecule has 0 heterocycles. The monoisotopic (exact) mass is 275 g/mol. The molecule has 16 heavy (non-hydrogen) atoms. The zero-order chi connectivity index (χ0) is 11.4. The summed E-state index contributed by atoms with van der Waals surface area (Å²) in [6.07, 6.45) is 0. The van der Waals surface area contributed by atoms with E-state index in [2.05, 4.69) is 64.5 Å². The average molecular weight is 276 g/mol. The van der Waals surface area contributed by atoms with E-state index in [1.54, 1.807) is 0 Å². The maximum atomic E-state index is 5.86. The lowest BCUT2D eigenvalue weighted by Crippen LogP contribution is -2.13. The van der Waals surface area contributed by atoms with E-state index in [1.807, 2.05) is 6.07 Å². The lowest BCUT2D eigenvalue weighted by Gasteiger charge is -2.15. The van der Waals surface area contributed by atoms with Gasteiger partial charge >= 0.3 is 0 Å². The number of halogens is 1. The van der Waals surface area contributed by atoms with Gasteiger partial charge in [0.2, 0.25) is 0 Å². The van der Waals surface area contributed by atoms with Gasteiger partial charge in [-0.1, -0.05) is 58.4 Å². The lowest BCUT2D eigenvalue weighted by molar-refractivity contribution is 0.819. The van der Waals surface area contributed by atoms with Crippen LogP contribution in [0.25, 0.3) is 0 Å². The Bertz CT molecular complexity index is 436. The molecule has 2 N–H and O–H groups in total. The highest BCUT2D eigenvalue weighted by molar-refractivity contribution is 9.10. The Labute approximate surface area is 104 Å². The Morgan fingerprint density at radius 3 is 2.00 bits per heavy atom. The van der Waals surface area contributed by atoms with Crippen molar-refractivity contribution in [2.24, 2.45) is 5.73 Å². The second-order valence-corrected chi connectivity index (χ2v) is 4.67. The van der Waals surface area contributed by atoms with Gasteiger partial charge in [-0.2, -0.15) is 0 Å². The van der Waals surface area contributed by atoms with Gasteiger partial charge in [-0.25, -0.2) is 0 Å². The van der Waals surface area contributed by atoms with Crippen molar-refractivity contribution in [2.75, 3.05) is 6.54 Å². The lowest BCUT2D eigenvalue weighted by atomic mass is 9.92. The largest absolute Gasteiger partial charge is 0.330 e. The standard InChI is InChI=1S/C14H14BrN/c15-13-8-6-12(7-9-13)14(10-16)11-4-2-1-3-5-11/h1-9,14H,10,16H2/t14-/m1/s1. The third kappa shape index (κ3) is 2.52. The third-order valence-corrected chi connectivity index (χ3v) is 3.24. The number of benzene rings is 2. The van der Waals surface area contributed by atoms with E-state index >= 15 is 0 Å². The average Bonchev–Trinajstić information content (AvgIpc) is 2.34. The van der Waals surface area contributed by atoms with Crippen molar-refractivity contribution < 1.29 is 0 Å². The van der Waals surface area contributed by atoms with Crippen molar-refractivity contribution in [3.8, 4) is 0 Å². The van der Waals surface area contributed by atoms with Crippen LogP contribution < -0.4 is 5.73 Å². The van der Waals surface area contributed by atoms with E-state index in [0.29, 0.717) is 6.54 Å². The topological polar surface area (TPSA) is 26.0 Å². The molecule has 0 aliphatic rings. The first-order valence-corrected chi connectivity index (χ1v) is 6.11. The number of hydrogen-bond donors (Lipinski definition) is 1. The smallest absolute Gasteiger partial charge is 0.0212 e. The predicted molar refractivity (Wildman–Crippen MR) is 71.5 cm³/mol. The highest BCUT2D eigenvalue weighted by Gasteiger charge is 2.11. The number of hydrogen-bond acceptors (Lipinski definition) is 1. The Morgan fingerprint density at radius 1 is 0.875 bits per heavy atom. The first kappa shape index (κ1) is 11.4. The molecule has 0 spiro atoms. The molecule has 82 valence electrons. The first-order valence-electron chi connectivity index (χ1n) is 5.31. The summed E-state index contributed by atoms with van der Waals surface area (Å²) in [6.45, 7) is 0.631. The minimum absolute atomic E-state index is 0.286. The fraction of sp³-hybridized carbons (Fsp3) is 0.143. The van der Waals surface area contributed by atoms with Crippen LogP contribution >= 0.6 is 15.9 Å². The van der Waals surface area contributed by atoms with Crippen LogP contribution in [0.2, 0.25) is 0 Å². The summed E-state index contributed by atoms with van der Waals surface area (Å²) in [6, 6.07) is 18.7. The summed E-state index contributed by atoms with van der Waals surface area (Å²) in [5.41, 5.74) is 8.39. The van der Waals surface area contributed by atoms with Gasteiger partial charge in [0.15, 0.2) is 0 Å². The van der Waals surface area contributed by atoms with Crippen molar-refractivity contribution in [3.05, 3.63) is 70.2 Å². The van der Waals surface area contributed by atoms with Crippen LogP contribution in [0.4, 0.5) is 0 Å². The van der Waals surface area contributed by atoms with Gasteiger partial charge in [0, 0.05) is 16.9 Å². The first-order chi connectivity index (χ1) is 7.81. The third-order valence-electron chi connectivity index (χ3n) is 2.71. The highest BCUT2D eigenvalue weighted by Crippen LogP contribution is 2.24. The van der Waals surface area contributed by atoms with Crippen LogP contribution in [-0.4, -0.2) is 6.54 Å². The van der Waals surface area contributed by atoms with E-state index in [0.717, 1.165) is 4.47 Å². The Balaban J connectivity index is 2.33. The van der Waals surface area contributed by atoms with Crippen LogP contribution in [0.5, 0.6) is 0 Å². The van der Waals surface area contributed by atoms with Crippen molar-refractivity contribution in [2.45, 2.75) is 5.92 Å². The summed E-state index contributed by atoms with van der Waals surface area (Å²) in [5.74, 6) is 0.286. The quantitative estimate of drug-likeness (QED) is 0.911. The predicted octanol–water partition coefficient (Wildman–Crippen LogP) is 3.54. The normalized spacial score (nSPS) is 12.4. The minimum atomic E-state index is 0.286. The second-order valence-electron chi connectivity index (χ2n) is 3.75. The molecule has 0 saturated carbocycles. The molecular weight excluding hydrogens is 262 g/mol. The van der Waals surface area contributed by atoms with Gasteiger partial charge in [-0.05, 0) is 23.3 Å². The van der Waals surface area contributed by atoms with Gasteiger partial charge in [-0.3, -0.25) is 0 Å². The van der Waals surface area contributed by atoms with Crippen LogP contribution in [0.15, 0.2) is 59.1 Å². The summed E-state index contributed by atoms with van der Waals surface area (Å²) < 4.78 is 1.10. The Morgan fingerprint density at radius 2 is 1.44 bits per heavy atom. The van der Waals surface area contributed by atoms with Gasteiger partial charge in [0.05, 0.1) is 0 Å². The molecule has 2 heteroatoms. The van der Waals surface area contributed by atoms with Crippen molar-refractivity contribution in [3.63, 3.8) is 0 Å². The van der Waals surface area contributed by atoms with Crippen LogP contribution in [-0.2, 0) is 0 Å². The summed E-state index contributed by atoms with van der Waals surface area (Å²) in [5, 5.41) is 0. The SMILES string of the molecule is NC[C@H](c1ccccc1)c1ccc(Br)cc1. The number of rotatable bonds is 3. The molecular formula is C14H14BrN. The molecule has 0 unspecified atom stereocenters. The van der Waals surface area contributed by atoms with Gasteiger partial charge < -0.3 is 5.73 Å². The highest BCUT2D eigenvalue weighted by atomic mass is 79.9. The minimum Gasteiger partial charge on any atom is -0.330 e. The molecule has 2 aromatic rings. The Hall–Kier alpha value is -1.12. The molecule has 1 atom stereocenters. The second kappa shape index (κ2) is 5.28. The van der Waals surface area contributed by atoms with Crippen molar-refractivity contribution in [1.29, 1.82) is 0 Å². The molecule has 0 radical (unpaired) electrons. The van der Waals surface area contributed by atoms with Crippen LogP contribution in [0, 0.1) is 0 Å². The molecule has 0 aromatic heterocycles. The molecule has 2 aromatic carbocycles. The zero-order valence-electron chi connectivity index (χ0n) is 8.94.